The van der Waals surface area contributed by atoms with E-state index in [1.54, 1.807) is 6.92 Å². The van der Waals surface area contributed by atoms with E-state index >= 15 is 0 Å². The number of esters is 1. The average Bonchev–Trinajstić information content (AvgIpc) is 2.20. The van der Waals surface area contributed by atoms with Gasteiger partial charge < -0.3 is 4.74 Å². The van der Waals surface area contributed by atoms with Gasteiger partial charge in [-0.2, -0.15) is 0 Å². The van der Waals surface area contributed by atoms with Gasteiger partial charge in [0.2, 0.25) is 0 Å². The Morgan fingerprint density at radius 3 is 2.47 bits per heavy atom. The fourth-order valence-corrected chi connectivity index (χ4v) is 1.36. The summed E-state index contributed by atoms with van der Waals surface area (Å²) < 4.78 is 5.01. The lowest BCUT2D eigenvalue weighted by Crippen LogP contribution is -2.07. The molecule has 1 atom stereocenters. The first-order chi connectivity index (χ1) is 7.07. The fraction of sp³-hybridized carbons (Fsp3) is 0.692. The number of hydrogen-bond donors (Lipinski definition) is 0. The van der Waals surface area contributed by atoms with Crippen molar-refractivity contribution in [2.75, 3.05) is 6.61 Å². The second-order valence-corrected chi connectivity index (χ2v) is 4.16. The Labute approximate surface area is 93.7 Å². The molecule has 0 saturated carbocycles. The van der Waals surface area contributed by atoms with Gasteiger partial charge in [-0.15, -0.1) is 0 Å². The molecule has 0 saturated heterocycles. The highest BCUT2D eigenvalue weighted by Gasteiger charge is 2.04. The van der Waals surface area contributed by atoms with Crippen LogP contribution in [0.3, 0.4) is 0 Å². The van der Waals surface area contributed by atoms with E-state index in [0.29, 0.717) is 18.1 Å². The molecule has 15 heavy (non-hydrogen) atoms. The largest absolute Gasteiger partial charge is 0.462 e. The van der Waals surface area contributed by atoms with Crippen LogP contribution in [0.15, 0.2) is 12.2 Å². The van der Waals surface area contributed by atoms with Crippen molar-refractivity contribution in [1.82, 2.24) is 0 Å². The lowest BCUT2D eigenvalue weighted by Gasteiger charge is -2.10. The number of carbonyl (C=O) groups excluding carboxylic acids is 1. The van der Waals surface area contributed by atoms with E-state index in [4.69, 9.17) is 4.74 Å². The molecule has 0 aromatic heterocycles. The monoisotopic (exact) mass is 211 g/mol. The number of rotatable bonds is 8. The van der Waals surface area contributed by atoms with Crippen molar-refractivity contribution in [3.8, 4) is 0 Å². The smallest absolute Gasteiger partial charge is 0.333 e. The quantitative estimate of drug-likeness (QED) is 0.349. The molecule has 0 aromatic rings. The molecule has 0 heterocycles. The van der Waals surface area contributed by atoms with Crippen LogP contribution in [-0.4, -0.2) is 12.6 Å². The second-order valence-electron chi connectivity index (χ2n) is 4.16. The molecule has 0 N–H and O–H groups in total. The van der Waals surface area contributed by atoms with Crippen LogP contribution in [0.1, 0.15) is 46.0 Å². The minimum atomic E-state index is -0.277. The molecule has 0 aliphatic carbocycles. The minimum absolute atomic E-state index is 0.277. The molecule has 0 rings (SSSR count). The third kappa shape index (κ3) is 8.22. The lowest BCUT2D eigenvalue weighted by atomic mass is 9.99. The van der Waals surface area contributed by atoms with Crippen molar-refractivity contribution < 1.29 is 9.53 Å². The van der Waals surface area contributed by atoms with Crippen LogP contribution in [0.4, 0.5) is 0 Å². The lowest BCUT2D eigenvalue weighted by molar-refractivity contribution is -0.139. The van der Waals surface area contributed by atoms with E-state index in [1.807, 2.05) is 0 Å². The van der Waals surface area contributed by atoms with Crippen molar-refractivity contribution in [2.24, 2.45) is 5.92 Å². The van der Waals surface area contributed by atoms with Gasteiger partial charge in [0.05, 0.1) is 6.61 Å². The molecule has 0 bridgehead atoms. The maximum atomic E-state index is 11.0. The SMILES string of the molecule is [CH2]CCCC(C)CCCOC(=O)C(=C)C. The molecule has 0 spiro atoms. The van der Waals surface area contributed by atoms with Crippen LogP contribution in [0, 0.1) is 12.8 Å². The highest BCUT2D eigenvalue weighted by atomic mass is 16.5. The maximum absolute atomic E-state index is 11.0. The summed E-state index contributed by atoms with van der Waals surface area (Å²) in [7, 11) is 0. The highest BCUT2D eigenvalue weighted by Crippen LogP contribution is 2.13. The van der Waals surface area contributed by atoms with Gasteiger partial charge in [0.25, 0.3) is 0 Å². The Balaban J connectivity index is 3.37. The van der Waals surface area contributed by atoms with Crippen LogP contribution >= 0.6 is 0 Å². The van der Waals surface area contributed by atoms with Gasteiger partial charge in [-0.05, 0) is 25.7 Å². The average molecular weight is 211 g/mol. The Morgan fingerprint density at radius 2 is 1.93 bits per heavy atom. The van der Waals surface area contributed by atoms with Gasteiger partial charge in [0.1, 0.15) is 0 Å². The third-order valence-corrected chi connectivity index (χ3v) is 2.37. The molecule has 87 valence electrons. The first-order valence-electron chi connectivity index (χ1n) is 5.69. The highest BCUT2D eigenvalue weighted by molar-refractivity contribution is 5.86. The summed E-state index contributed by atoms with van der Waals surface area (Å²) in [4.78, 5) is 11.0. The van der Waals surface area contributed by atoms with Crippen molar-refractivity contribution in [3.05, 3.63) is 19.1 Å². The van der Waals surface area contributed by atoms with E-state index < -0.39 is 0 Å². The van der Waals surface area contributed by atoms with Crippen LogP contribution in [0.2, 0.25) is 0 Å². The van der Waals surface area contributed by atoms with E-state index in [1.165, 1.54) is 12.8 Å². The molecule has 1 radical (unpaired) electrons. The Bertz CT molecular complexity index is 197. The predicted octanol–water partition coefficient (Wildman–Crippen LogP) is 3.53. The molecule has 0 amide bonds. The van der Waals surface area contributed by atoms with Gasteiger partial charge in [0, 0.05) is 5.57 Å². The topological polar surface area (TPSA) is 26.3 Å². The van der Waals surface area contributed by atoms with Crippen LogP contribution in [0.25, 0.3) is 0 Å². The zero-order valence-corrected chi connectivity index (χ0v) is 10.1. The first kappa shape index (κ1) is 14.2. The molecule has 1 unspecified atom stereocenters. The summed E-state index contributed by atoms with van der Waals surface area (Å²) in [6, 6.07) is 0. The normalized spacial score (nSPS) is 12.2. The zero-order chi connectivity index (χ0) is 11.7. The molecule has 0 aliphatic rings. The molecule has 2 heteroatoms. The molecule has 0 aromatic carbocycles. The van der Waals surface area contributed by atoms with Gasteiger partial charge in [-0.3, -0.25) is 0 Å². The predicted molar refractivity (Wildman–Crippen MR) is 63.4 cm³/mol. The number of carbonyl (C=O) groups is 1. The van der Waals surface area contributed by atoms with E-state index in [0.717, 1.165) is 19.3 Å². The summed E-state index contributed by atoms with van der Waals surface area (Å²) in [6.45, 7) is 11.8. The Morgan fingerprint density at radius 1 is 1.33 bits per heavy atom. The Hall–Kier alpha value is -0.790. The van der Waals surface area contributed by atoms with Gasteiger partial charge >= 0.3 is 5.97 Å². The maximum Gasteiger partial charge on any atom is 0.333 e. The fourth-order valence-electron chi connectivity index (χ4n) is 1.36. The molecule has 0 aliphatic heterocycles. The summed E-state index contributed by atoms with van der Waals surface area (Å²) >= 11 is 0. The number of unbranched alkanes of at least 4 members (excludes halogenated alkanes) is 1. The summed E-state index contributed by atoms with van der Waals surface area (Å²) in [5, 5.41) is 0. The van der Waals surface area contributed by atoms with Crippen molar-refractivity contribution in [2.45, 2.75) is 46.0 Å². The van der Waals surface area contributed by atoms with Crippen LogP contribution < -0.4 is 0 Å². The van der Waals surface area contributed by atoms with E-state index in [2.05, 4.69) is 20.4 Å². The molecular formula is C13H23O2. The van der Waals surface area contributed by atoms with Gasteiger partial charge in [-0.25, -0.2) is 4.79 Å². The molecule has 2 nitrogen and oxygen atoms in total. The standard InChI is InChI=1S/C13H23O2/c1-5-6-8-12(4)9-7-10-15-13(14)11(2)3/h12H,1-2,5-10H2,3-4H3. The molecular weight excluding hydrogens is 188 g/mol. The number of hydrogen-bond acceptors (Lipinski definition) is 2. The number of ether oxygens (including phenoxy) is 1. The summed E-state index contributed by atoms with van der Waals surface area (Å²) in [5.41, 5.74) is 0.472. The Kier molecular flexibility index (Phi) is 8.06. The van der Waals surface area contributed by atoms with Crippen molar-refractivity contribution in [1.29, 1.82) is 0 Å². The van der Waals surface area contributed by atoms with Gasteiger partial charge in [0.15, 0.2) is 0 Å². The van der Waals surface area contributed by atoms with Crippen LogP contribution in [0.5, 0.6) is 0 Å². The van der Waals surface area contributed by atoms with E-state index in [-0.39, 0.29) is 5.97 Å². The summed E-state index contributed by atoms with van der Waals surface area (Å²) in [5.74, 6) is 0.427. The van der Waals surface area contributed by atoms with Crippen molar-refractivity contribution in [3.63, 3.8) is 0 Å². The summed E-state index contributed by atoms with van der Waals surface area (Å²) in [6.07, 6.45) is 5.47. The third-order valence-electron chi connectivity index (χ3n) is 2.37. The van der Waals surface area contributed by atoms with E-state index in [9.17, 15) is 4.79 Å². The van der Waals surface area contributed by atoms with Gasteiger partial charge in [-0.1, -0.05) is 39.7 Å². The first-order valence-corrected chi connectivity index (χ1v) is 5.69. The zero-order valence-electron chi connectivity index (χ0n) is 10.1. The molecule has 0 fully saturated rings. The van der Waals surface area contributed by atoms with Crippen LogP contribution in [-0.2, 0) is 9.53 Å². The minimum Gasteiger partial charge on any atom is -0.462 e. The second kappa shape index (κ2) is 8.51. The van der Waals surface area contributed by atoms with Crippen molar-refractivity contribution >= 4 is 5.97 Å².